The fourth-order valence-corrected chi connectivity index (χ4v) is 7.31. The molecule has 2 aromatic rings. The highest BCUT2D eigenvalue weighted by Crippen LogP contribution is 2.38. The lowest BCUT2D eigenvalue weighted by Gasteiger charge is -2.39. The van der Waals surface area contributed by atoms with Crippen LogP contribution < -0.4 is 4.74 Å². The van der Waals surface area contributed by atoms with Crippen molar-refractivity contribution >= 4 is 16.0 Å². The minimum Gasteiger partial charge on any atom is -0.491 e. The zero-order valence-electron chi connectivity index (χ0n) is 21.0. The molecule has 9 nitrogen and oxygen atoms in total. The Morgan fingerprint density at radius 3 is 2.49 bits per heavy atom. The van der Waals surface area contributed by atoms with Gasteiger partial charge in [0, 0.05) is 39.1 Å². The number of piperidine rings is 1. The topological polar surface area (TPSA) is 134 Å². The molecule has 2 aliphatic heterocycles. The first-order valence-corrected chi connectivity index (χ1v) is 14.1. The summed E-state index contributed by atoms with van der Waals surface area (Å²) < 4.78 is 37.2. The third kappa shape index (κ3) is 5.68. The Hall–Kier alpha value is -2.50. The minimum atomic E-state index is -4.01. The average molecular weight is 534 g/mol. The molecule has 0 radical (unpaired) electrons. The molecule has 0 spiro atoms. The van der Waals surface area contributed by atoms with E-state index in [-0.39, 0.29) is 45.2 Å². The number of nitrogens with zero attached hydrogens (tertiary/aromatic N) is 1. The van der Waals surface area contributed by atoms with Crippen LogP contribution in [0.4, 0.5) is 0 Å². The van der Waals surface area contributed by atoms with Crippen molar-refractivity contribution in [2.75, 3.05) is 39.5 Å². The van der Waals surface area contributed by atoms with Gasteiger partial charge in [-0.3, -0.25) is 4.79 Å². The lowest BCUT2D eigenvalue weighted by molar-refractivity contribution is -0.142. The highest BCUT2D eigenvalue weighted by molar-refractivity contribution is 7.91. The van der Waals surface area contributed by atoms with Crippen molar-refractivity contribution in [1.82, 2.24) is 4.31 Å². The first-order chi connectivity index (χ1) is 17.7. The van der Waals surface area contributed by atoms with E-state index in [1.165, 1.54) is 4.31 Å². The van der Waals surface area contributed by atoms with Gasteiger partial charge in [0.15, 0.2) is 4.75 Å². The molecular formula is C27H35NO8S. The van der Waals surface area contributed by atoms with Gasteiger partial charge < -0.3 is 24.8 Å². The minimum absolute atomic E-state index is 0.00759. The van der Waals surface area contributed by atoms with E-state index in [1.807, 2.05) is 25.1 Å². The Bertz CT molecular complexity index is 1200. The number of rotatable bonds is 9. The maximum atomic E-state index is 13.4. The molecule has 0 aliphatic carbocycles. The predicted octanol–water partition coefficient (Wildman–Crippen LogP) is 2.54. The summed E-state index contributed by atoms with van der Waals surface area (Å²) in [4.78, 5) is 12.0. The Balaban J connectivity index is 1.44. The molecule has 2 fully saturated rings. The summed E-state index contributed by atoms with van der Waals surface area (Å²) in [6.45, 7) is 2.53. The van der Waals surface area contributed by atoms with Gasteiger partial charge in [0.05, 0.1) is 6.61 Å². The van der Waals surface area contributed by atoms with Crippen molar-refractivity contribution < 1.29 is 38.0 Å². The fraction of sp³-hybridized carbons (Fsp3) is 0.519. The number of carboxylic acids is 1. The number of carboxylic acid groups (broad SMARTS) is 1. The highest BCUT2D eigenvalue weighted by Gasteiger charge is 2.54. The summed E-state index contributed by atoms with van der Waals surface area (Å²) >= 11 is 0. The quantitative estimate of drug-likeness (QED) is 0.448. The van der Waals surface area contributed by atoms with Crippen LogP contribution in [0.15, 0.2) is 42.5 Å². The first-order valence-electron chi connectivity index (χ1n) is 12.6. The number of sulfonamides is 1. The molecule has 0 amide bonds. The van der Waals surface area contributed by atoms with Gasteiger partial charge in [0.2, 0.25) is 10.0 Å². The van der Waals surface area contributed by atoms with E-state index in [4.69, 9.17) is 14.6 Å². The molecule has 2 heterocycles. The Morgan fingerprint density at radius 2 is 1.86 bits per heavy atom. The van der Waals surface area contributed by atoms with Gasteiger partial charge in [-0.25, -0.2) is 12.7 Å². The standard InChI is InChI=1S/C27H35NO8S/c1-19-15-21(5-6-25(19)22-3-2-4-24(16-22)36-18-23(30)17-29)20-7-11-28(12-8-20)37(33,34)27(26(31)32)9-13-35-14-10-27/h2-6,15-16,20,23,29-30H,7-14,17-18H2,1H3,(H,31,32)/t23-/m1/s1. The second-order valence-electron chi connectivity index (χ2n) is 9.84. The van der Waals surface area contributed by atoms with Gasteiger partial charge in [-0.2, -0.15) is 0 Å². The van der Waals surface area contributed by atoms with Gasteiger partial charge in [-0.15, -0.1) is 0 Å². The molecular weight excluding hydrogens is 498 g/mol. The van der Waals surface area contributed by atoms with Gasteiger partial charge in [-0.1, -0.05) is 30.3 Å². The summed E-state index contributed by atoms with van der Waals surface area (Å²) in [5, 5.41) is 28.3. The number of hydrogen-bond donors (Lipinski definition) is 3. The molecule has 10 heteroatoms. The highest BCUT2D eigenvalue weighted by atomic mass is 32.2. The van der Waals surface area contributed by atoms with Crippen molar-refractivity contribution in [3.8, 4) is 16.9 Å². The van der Waals surface area contributed by atoms with Crippen LogP contribution in [0, 0.1) is 6.92 Å². The van der Waals surface area contributed by atoms with E-state index < -0.39 is 26.8 Å². The zero-order chi connectivity index (χ0) is 26.6. The van der Waals surface area contributed by atoms with E-state index in [0.29, 0.717) is 31.7 Å². The van der Waals surface area contributed by atoms with E-state index >= 15 is 0 Å². The number of carbonyl (C=O) groups is 1. The number of aliphatic carboxylic acids is 1. The third-order valence-electron chi connectivity index (χ3n) is 7.50. The number of hydrogen-bond acceptors (Lipinski definition) is 7. The molecule has 2 aromatic carbocycles. The van der Waals surface area contributed by atoms with Crippen LogP contribution >= 0.6 is 0 Å². The predicted molar refractivity (Wildman–Crippen MR) is 138 cm³/mol. The second-order valence-corrected chi connectivity index (χ2v) is 12.1. The van der Waals surface area contributed by atoms with Crippen LogP contribution in [0.1, 0.15) is 42.7 Å². The van der Waals surface area contributed by atoms with Gasteiger partial charge in [0.25, 0.3) is 0 Å². The Kier molecular flexibility index (Phi) is 8.55. The molecule has 3 N–H and O–H groups in total. The lowest BCUT2D eigenvalue weighted by Crippen LogP contribution is -2.57. The van der Waals surface area contributed by atoms with Crippen molar-refractivity contribution in [1.29, 1.82) is 0 Å². The third-order valence-corrected chi connectivity index (χ3v) is 10.1. The second kappa shape index (κ2) is 11.5. The van der Waals surface area contributed by atoms with Crippen LogP contribution in [0.25, 0.3) is 11.1 Å². The van der Waals surface area contributed by atoms with Gasteiger partial charge >= 0.3 is 5.97 Å². The normalized spacial score (nSPS) is 19.9. The van der Waals surface area contributed by atoms with Crippen LogP contribution in [-0.4, -0.2) is 84.4 Å². The summed E-state index contributed by atoms with van der Waals surface area (Å²) in [6.07, 6.45) is 0.262. The van der Waals surface area contributed by atoms with Crippen LogP contribution in [-0.2, 0) is 19.6 Å². The summed E-state index contributed by atoms with van der Waals surface area (Å²) in [6, 6.07) is 13.8. The van der Waals surface area contributed by atoms with Crippen molar-refractivity contribution in [2.24, 2.45) is 0 Å². The van der Waals surface area contributed by atoms with E-state index in [0.717, 1.165) is 22.3 Å². The number of ether oxygens (including phenoxy) is 2. The summed E-state index contributed by atoms with van der Waals surface area (Å²) in [7, 11) is -4.01. The number of benzene rings is 2. The smallest absolute Gasteiger partial charge is 0.326 e. The van der Waals surface area contributed by atoms with Crippen LogP contribution in [0.2, 0.25) is 0 Å². The number of aryl methyl sites for hydroxylation is 1. The van der Waals surface area contributed by atoms with Gasteiger partial charge in [-0.05, 0) is 60.1 Å². The van der Waals surface area contributed by atoms with Crippen LogP contribution in [0.3, 0.4) is 0 Å². The molecule has 37 heavy (non-hydrogen) atoms. The molecule has 2 saturated heterocycles. The van der Waals surface area contributed by atoms with Crippen molar-refractivity contribution in [2.45, 2.75) is 49.4 Å². The van der Waals surface area contributed by atoms with Crippen LogP contribution in [0.5, 0.6) is 5.75 Å². The van der Waals surface area contributed by atoms with E-state index in [9.17, 15) is 23.4 Å². The molecule has 202 valence electrons. The zero-order valence-corrected chi connectivity index (χ0v) is 21.8. The molecule has 4 rings (SSSR count). The summed E-state index contributed by atoms with van der Waals surface area (Å²) in [5.41, 5.74) is 4.22. The molecule has 0 bridgehead atoms. The molecule has 0 unspecified atom stereocenters. The lowest BCUT2D eigenvalue weighted by atomic mass is 9.87. The summed E-state index contributed by atoms with van der Waals surface area (Å²) in [5.74, 6) is -0.502. The van der Waals surface area contributed by atoms with Crippen molar-refractivity contribution in [3.63, 3.8) is 0 Å². The van der Waals surface area contributed by atoms with Crippen molar-refractivity contribution in [3.05, 3.63) is 53.6 Å². The maximum absolute atomic E-state index is 13.4. The fourth-order valence-electron chi connectivity index (χ4n) is 5.22. The maximum Gasteiger partial charge on any atom is 0.326 e. The first kappa shape index (κ1) is 27.5. The Labute approximate surface area is 217 Å². The molecule has 2 aliphatic rings. The SMILES string of the molecule is Cc1cc(C2CCN(S(=O)(=O)C3(C(=O)O)CCOCC3)CC2)ccc1-c1cccc(OC[C@H](O)CO)c1. The largest absolute Gasteiger partial charge is 0.491 e. The number of aliphatic hydroxyl groups is 2. The van der Waals surface area contributed by atoms with E-state index in [2.05, 4.69) is 18.2 Å². The van der Waals surface area contributed by atoms with E-state index in [1.54, 1.807) is 6.07 Å². The molecule has 0 saturated carbocycles. The average Bonchev–Trinajstić information content (AvgIpc) is 2.92. The number of aliphatic hydroxyl groups excluding tert-OH is 2. The Morgan fingerprint density at radius 1 is 1.16 bits per heavy atom. The molecule has 0 aromatic heterocycles. The van der Waals surface area contributed by atoms with Gasteiger partial charge in [0.1, 0.15) is 18.5 Å². The monoisotopic (exact) mass is 533 g/mol. The molecule has 1 atom stereocenters.